The van der Waals surface area contributed by atoms with E-state index in [9.17, 15) is 4.79 Å². The lowest BCUT2D eigenvalue weighted by Crippen LogP contribution is -2.17. The van der Waals surface area contributed by atoms with Gasteiger partial charge in [-0.2, -0.15) is 0 Å². The number of aryl methyl sites for hydroxylation is 2. The van der Waals surface area contributed by atoms with Gasteiger partial charge in [0, 0.05) is 24.0 Å². The Bertz CT molecular complexity index is 648. The molecule has 0 aliphatic carbocycles. The molecule has 0 saturated heterocycles. The Hall–Kier alpha value is -2.20. The molecule has 22 heavy (non-hydrogen) atoms. The van der Waals surface area contributed by atoms with Crippen molar-refractivity contribution in [2.75, 3.05) is 6.61 Å². The molecule has 1 aromatic heterocycles. The van der Waals surface area contributed by atoms with Crippen molar-refractivity contribution in [3.63, 3.8) is 0 Å². The summed E-state index contributed by atoms with van der Waals surface area (Å²) in [6, 6.07) is 7.79. The first-order valence-corrected chi connectivity index (χ1v) is 7.45. The highest BCUT2D eigenvalue weighted by Gasteiger charge is 2.14. The second-order valence-electron chi connectivity index (χ2n) is 5.39. The third kappa shape index (κ3) is 3.71. The second kappa shape index (κ2) is 7.18. The number of hydrogen-bond acceptors (Lipinski definition) is 4. The molecule has 0 spiro atoms. The summed E-state index contributed by atoms with van der Waals surface area (Å²) in [7, 11) is 0. The monoisotopic (exact) mass is 298 g/mol. The molecule has 0 radical (unpaired) electrons. The maximum absolute atomic E-state index is 11.6. The van der Waals surface area contributed by atoms with Gasteiger partial charge in [-0.25, -0.2) is 0 Å². The van der Waals surface area contributed by atoms with E-state index >= 15 is 0 Å². The third-order valence-electron chi connectivity index (χ3n) is 3.65. The highest BCUT2D eigenvalue weighted by atomic mass is 16.5. The average molecular weight is 298 g/mol. The predicted molar refractivity (Wildman–Crippen MR) is 87.3 cm³/mol. The van der Waals surface area contributed by atoms with Gasteiger partial charge in [-0.05, 0) is 49.1 Å². The van der Waals surface area contributed by atoms with Gasteiger partial charge in [-0.15, -0.1) is 0 Å². The molecule has 4 nitrogen and oxygen atoms in total. The number of ether oxygens (including phenoxy) is 1. The summed E-state index contributed by atoms with van der Waals surface area (Å²) in [5, 5.41) is 0. The normalized spacial score (nSPS) is 12.0. The molecular formula is C18H22N2O2. The van der Waals surface area contributed by atoms with E-state index in [1.54, 1.807) is 13.1 Å². The first-order valence-electron chi connectivity index (χ1n) is 7.45. The van der Waals surface area contributed by atoms with Gasteiger partial charge >= 0.3 is 5.97 Å². The zero-order chi connectivity index (χ0) is 16.1. The highest BCUT2D eigenvalue weighted by molar-refractivity contribution is 5.72. The van der Waals surface area contributed by atoms with Crippen molar-refractivity contribution in [3.05, 3.63) is 53.3 Å². The molecule has 0 saturated carbocycles. The van der Waals surface area contributed by atoms with Gasteiger partial charge in [0.05, 0.1) is 13.0 Å². The number of carbonyl (C=O) groups is 1. The minimum Gasteiger partial charge on any atom is -0.466 e. The van der Waals surface area contributed by atoms with Crippen molar-refractivity contribution in [1.29, 1.82) is 0 Å². The molecule has 2 N–H and O–H groups in total. The molecule has 1 atom stereocenters. The third-order valence-corrected chi connectivity index (χ3v) is 3.65. The van der Waals surface area contributed by atoms with Crippen molar-refractivity contribution in [1.82, 2.24) is 4.98 Å². The zero-order valence-electron chi connectivity index (χ0n) is 13.3. The van der Waals surface area contributed by atoms with E-state index in [2.05, 4.69) is 31.0 Å². The lowest BCUT2D eigenvalue weighted by Gasteiger charge is -2.14. The Kier molecular flexibility index (Phi) is 5.28. The largest absolute Gasteiger partial charge is 0.466 e. The summed E-state index contributed by atoms with van der Waals surface area (Å²) in [6.45, 7) is 6.31. The number of aromatic nitrogens is 1. The molecule has 0 aliphatic rings. The number of pyridine rings is 1. The second-order valence-corrected chi connectivity index (χ2v) is 5.39. The predicted octanol–water partition coefficient (Wildman–Crippen LogP) is 3.32. The summed E-state index contributed by atoms with van der Waals surface area (Å²) in [4.78, 5) is 15.9. The number of carbonyl (C=O) groups excluding carboxylic acids is 1. The lowest BCUT2D eigenvalue weighted by molar-refractivity contribution is -0.143. The molecule has 116 valence electrons. The molecule has 0 bridgehead atoms. The van der Waals surface area contributed by atoms with E-state index in [1.807, 2.05) is 18.3 Å². The Morgan fingerprint density at radius 2 is 1.95 bits per heavy atom. The van der Waals surface area contributed by atoms with Crippen LogP contribution in [0.1, 0.15) is 36.1 Å². The quantitative estimate of drug-likeness (QED) is 0.860. The number of esters is 1. The maximum Gasteiger partial charge on any atom is 0.307 e. The average Bonchev–Trinajstić information content (AvgIpc) is 2.47. The lowest BCUT2D eigenvalue weighted by atomic mass is 9.95. The van der Waals surface area contributed by atoms with Gasteiger partial charge in [0.2, 0.25) is 0 Å². The van der Waals surface area contributed by atoms with E-state index in [0.29, 0.717) is 6.61 Å². The van der Waals surface area contributed by atoms with E-state index in [1.165, 1.54) is 16.7 Å². The van der Waals surface area contributed by atoms with Crippen LogP contribution in [0.5, 0.6) is 0 Å². The fourth-order valence-corrected chi connectivity index (χ4v) is 2.58. The molecule has 4 heteroatoms. The standard InChI is InChI=1S/C18H22N2O2/c1-4-22-17(21)9-16(19)14-8-15(11-20-10-14)18-12(2)6-5-7-13(18)3/h5-8,10-11,16H,4,9,19H2,1-3H3. The van der Waals surface area contributed by atoms with Crippen LogP contribution >= 0.6 is 0 Å². The fraction of sp³-hybridized carbons (Fsp3) is 0.333. The Morgan fingerprint density at radius 3 is 2.59 bits per heavy atom. The van der Waals surface area contributed by atoms with E-state index in [-0.39, 0.29) is 12.4 Å². The highest BCUT2D eigenvalue weighted by Crippen LogP contribution is 2.28. The molecular weight excluding hydrogens is 276 g/mol. The van der Waals surface area contributed by atoms with E-state index in [4.69, 9.17) is 10.5 Å². The number of hydrogen-bond donors (Lipinski definition) is 1. The Labute approximate surface area is 131 Å². The molecule has 0 amide bonds. The number of nitrogens with zero attached hydrogens (tertiary/aromatic N) is 1. The first-order chi connectivity index (χ1) is 10.5. The van der Waals surface area contributed by atoms with Crippen molar-refractivity contribution in [3.8, 4) is 11.1 Å². The fourth-order valence-electron chi connectivity index (χ4n) is 2.58. The minimum atomic E-state index is -0.407. The molecule has 0 aliphatic heterocycles. The van der Waals surface area contributed by atoms with Crippen LogP contribution in [0.2, 0.25) is 0 Å². The number of rotatable bonds is 5. The van der Waals surface area contributed by atoms with Crippen molar-refractivity contribution in [2.24, 2.45) is 5.73 Å². The van der Waals surface area contributed by atoms with E-state index < -0.39 is 6.04 Å². The van der Waals surface area contributed by atoms with Crippen LogP contribution in [0.4, 0.5) is 0 Å². The minimum absolute atomic E-state index is 0.158. The van der Waals surface area contributed by atoms with Gasteiger partial charge < -0.3 is 10.5 Å². The number of nitrogens with two attached hydrogens (primary N) is 1. The summed E-state index contributed by atoms with van der Waals surface area (Å²) in [5.74, 6) is -0.285. The Morgan fingerprint density at radius 1 is 1.27 bits per heavy atom. The molecule has 1 aromatic carbocycles. The smallest absolute Gasteiger partial charge is 0.307 e. The summed E-state index contributed by atoms with van der Waals surface area (Å²) in [6.07, 6.45) is 3.70. The van der Waals surface area contributed by atoms with Gasteiger partial charge in [-0.1, -0.05) is 18.2 Å². The molecule has 1 heterocycles. The Balaban J connectivity index is 2.29. The molecule has 1 unspecified atom stereocenters. The summed E-state index contributed by atoms with van der Waals surface area (Å²) in [5.41, 5.74) is 11.5. The van der Waals surface area contributed by atoms with Crippen LogP contribution in [0.25, 0.3) is 11.1 Å². The van der Waals surface area contributed by atoms with Crippen molar-refractivity contribution in [2.45, 2.75) is 33.2 Å². The van der Waals surface area contributed by atoms with Crippen LogP contribution in [-0.2, 0) is 9.53 Å². The van der Waals surface area contributed by atoms with Crippen molar-refractivity contribution < 1.29 is 9.53 Å². The van der Waals surface area contributed by atoms with Gasteiger partial charge in [-0.3, -0.25) is 9.78 Å². The number of benzene rings is 1. The van der Waals surface area contributed by atoms with Crippen LogP contribution in [0, 0.1) is 13.8 Å². The molecule has 2 aromatic rings. The van der Waals surface area contributed by atoms with Gasteiger partial charge in [0.15, 0.2) is 0 Å². The van der Waals surface area contributed by atoms with Crippen LogP contribution in [0.3, 0.4) is 0 Å². The summed E-state index contributed by atoms with van der Waals surface area (Å²) >= 11 is 0. The van der Waals surface area contributed by atoms with Gasteiger partial charge in [0.25, 0.3) is 0 Å². The summed E-state index contributed by atoms with van der Waals surface area (Å²) < 4.78 is 4.95. The molecule has 2 rings (SSSR count). The van der Waals surface area contributed by atoms with Crippen LogP contribution < -0.4 is 5.73 Å². The van der Waals surface area contributed by atoms with E-state index in [0.717, 1.165) is 11.1 Å². The molecule has 0 fully saturated rings. The van der Waals surface area contributed by atoms with Crippen molar-refractivity contribution >= 4 is 5.97 Å². The zero-order valence-corrected chi connectivity index (χ0v) is 13.3. The SMILES string of the molecule is CCOC(=O)CC(N)c1cncc(-c2c(C)cccc2C)c1. The maximum atomic E-state index is 11.6. The van der Waals surface area contributed by atoms with Crippen LogP contribution in [0.15, 0.2) is 36.7 Å². The topological polar surface area (TPSA) is 65.2 Å². The van der Waals surface area contributed by atoms with Gasteiger partial charge in [0.1, 0.15) is 0 Å². The first kappa shape index (κ1) is 16.2. The van der Waals surface area contributed by atoms with Crippen LogP contribution in [-0.4, -0.2) is 17.6 Å².